The average Bonchev–Trinajstić information content (AvgIpc) is 2.92. The van der Waals surface area contributed by atoms with Gasteiger partial charge in [-0.1, -0.05) is 35.9 Å². The van der Waals surface area contributed by atoms with Crippen molar-refractivity contribution in [2.45, 2.75) is 32.4 Å². The number of rotatable bonds is 6. The van der Waals surface area contributed by atoms with Crippen molar-refractivity contribution in [3.05, 3.63) is 57.8 Å². The van der Waals surface area contributed by atoms with Crippen LogP contribution in [-0.2, 0) is 4.79 Å². The Morgan fingerprint density at radius 3 is 2.55 bits per heavy atom. The second-order valence-corrected chi connectivity index (χ2v) is 5.94. The molecular formula is C16H19NO2S. The van der Waals surface area contributed by atoms with Gasteiger partial charge in [-0.05, 0) is 30.9 Å². The van der Waals surface area contributed by atoms with Crippen LogP contribution in [-0.4, -0.2) is 11.1 Å². The van der Waals surface area contributed by atoms with Crippen molar-refractivity contribution in [3.8, 4) is 0 Å². The smallest absolute Gasteiger partial charge is 0.305 e. The summed E-state index contributed by atoms with van der Waals surface area (Å²) < 4.78 is 0. The number of thiophene rings is 1. The first-order chi connectivity index (χ1) is 9.56. The minimum atomic E-state index is -0.785. The molecule has 2 aromatic rings. The summed E-state index contributed by atoms with van der Waals surface area (Å²) in [6, 6.07) is 12.2. The standard InChI is InChI=1S/C16H19NO2S/c1-11-5-7-13(8-6-11)12(2)17-14(10-16(18)19)15-4-3-9-20-15/h3-9,12,14,17H,10H2,1-2H3,(H,18,19). The largest absolute Gasteiger partial charge is 0.481 e. The Kier molecular flexibility index (Phi) is 4.93. The highest BCUT2D eigenvalue weighted by Crippen LogP contribution is 2.25. The first-order valence-electron chi connectivity index (χ1n) is 6.64. The van der Waals surface area contributed by atoms with Crippen LogP contribution in [0.3, 0.4) is 0 Å². The molecular weight excluding hydrogens is 270 g/mol. The van der Waals surface area contributed by atoms with Gasteiger partial charge in [-0.3, -0.25) is 4.79 Å². The average molecular weight is 289 g/mol. The molecule has 106 valence electrons. The maximum atomic E-state index is 11.0. The van der Waals surface area contributed by atoms with Gasteiger partial charge in [-0.25, -0.2) is 0 Å². The number of carbonyl (C=O) groups is 1. The predicted octanol–water partition coefficient (Wildman–Crippen LogP) is 3.92. The Labute approximate surface area is 123 Å². The molecule has 0 aliphatic heterocycles. The minimum absolute atomic E-state index is 0.0940. The third-order valence-corrected chi connectivity index (χ3v) is 4.28. The second-order valence-electron chi connectivity index (χ2n) is 4.96. The van der Waals surface area contributed by atoms with Crippen LogP contribution in [0, 0.1) is 6.92 Å². The van der Waals surface area contributed by atoms with Gasteiger partial charge < -0.3 is 10.4 Å². The van der Waals surface area contributed by atoms with Crippen molar-refractivity contribution < 1.29 is 9.90 Å². The molecule has 0 saturated heterocycles. The number of hydrogen-bond donors (Lipinski definition) is 2. The number of nitrogens with one attached hydrogen (secondary N) is 1. The molecule has 1 aromatic carbocycles. The van der Waals surface area contributed by atoms with Gasteiger partial charge >= 0.3 is 5.97 Å². The molecule has 20 heavy (non-hydrogen) atoms. The van der Waals surface area contributed by atoms with Crippen molar-refractivity contribution >= 4 is 17.3 Å². The lowest BCUT2D eigenvalue weighted by molar-refractivity contribution is -0.137. The number of hydrogen-bond acceptors (Lipinski definition) is 3. The fraction of sp³-hybridized carbons (Fsp3) is 0.312. The minimum Gasteiger partial charge on any atom is -0.481 e. The van der Waals surface area contributed by atoms with E-state index in [1.165, 1.54) is 11.1 Å². The van der Waals surface area contributed by atoms with Crippen LogP contribution in [0.5, 0.6) is 0 Å². The van der Waals surface area contributed by atoms with E-state index in [0.717, 1.165) is 4.88 Å². The predicted molar refractivity (Wildman–Crippen MR) is 82.0 cm³/mol. The molecule has 0 aliphatic carbocycles. The number of aliphatic carboxylic acids is 1. The zero-order valence-corrected chi connectivity index (χ0v) is 12.5. The van der Waals surface area contributed by atoms with Crippen LogP contribution in [0.2, 0.25) is 0 Å². The van der Waals surface area contributed by atoms with Crippen molar-refractivity contribution in [3.63, 3.8) is 0 Å². The lowest BCUT2D eigenvalue weighted by Crippen LogP contribution is -2.26. The van der Waals surface area contributed by atoms with E-state index in [9.17, 15) is 4.79 Å². The molecule has 1 aromatic heterocycles. The maximum absolute atomic E-state index is 11.0. The van der Waals surface area contributed by atoms with E-state index in [1.807, 2.05) is 17.5 Å². The zero-order chi connectivity index (χ0) is 14.5. The first kappa shape index (κ1) is 14.8. The second kappa shape index (κ2) is 6.68. The van der Waals surface area contributed by atoms with Crippen molar-refractivity contribution in [2.75, 3.05) is 0 Å². The fourth-order valence-electron chi connectivity index (χ4n) is 2.16. The molecule has 2 unspecified atom stereocenters. The molecule has 0 fully saturated rings. The molecule has 2 N–H and O–H groups in total. The fourth-order valence-corrected chi connectivity index (χ4v) is 2.95. The number of aryl methyl sites for hydroxylation is 1. The quantitative estimate of drug-likeness (QED) is 0.847. The van der Waals surface area contributed by atoms with Gasteiger partial charge in [0.15, 0.2) is 0 Å². The topological polar surface area (TPSA) is 49.3 Å². The molecule has 0 bridgehead atoms. The van der Waals surface area contributed by atoms with E-state index in [4.69, 9.17) is 5.11 Å². The number of carboxylic acid groups (broad SMARTS) is 1. The van der Waals surface area contributed by atoms with E-state index in [-0.39, 0.29) is 18.5 Å². The van der Waals surface area contributed by atoms with Gasteiger partial charge in [-0.2, -0.15) is 0 Å². The Morgan fingerprint density at radius 2 is 2.00 bits per heavy atom. The van der Waals surface area contributed by atoms with Gasteiger partial charge in [0.1, 0.15) is 0 Å². The van der Waals surface area contributed by atoms with Crippen LogP contribution in [0.15, 0.2) is 41.8 Å². The molecule has 4 heteroatoms. The molecule has 0 amide bonds. The summed E-state index contributed by atoms with van der Waals surface area (Å²) in [5.74, 6) is -0.785. The Balaban J connectivity index is 2.11. The van der Waals surface area contributed by atoms with Gasteiger partial charge in [0.2, 0.25) is 0 Å². The third kappa shape index (κ3) is 3.92. The summed E-state index contributed by atoms with van der Waals surface area (Å²) in [6.07, 6.45) is 0.0940. The molecule has 2 rings (SSSR count). The summed E-state index contributed by atoms with van der Waals surface area (Å²) >= 11 is 1.59. The normalized spacial score (nSPS) is 13.9. The van der Waals surface area contributed by atoms with Crippen LogP contribution in [0.4, 0.5) is 0 Å². The van der Waals surface area contributed by atoms with Crippen molar-refractivity contribution in [2.24, 2.45) is 0 Å². The Hall–Kier alpha value is -1.65. The lowest BCUT2D eigenvalue weighted by atomic mass is 10.0. The van der Waals surface area contributed by atoms with E-state index in [1.54, 1.807) is 11.3 Å². The van der Waals surface area contributed by atoms with Gasteiger partial charge in [0.05, 0.1) is 12.5 Å². The molecule has 3 nitrogen and oxygen atoms in total. The van der Waals surface area contributed by atoms with Crippen LogP contribution in [0.1, 0.15) is 41.4 Å². The highest BCUT2D eigenvalue weighted by Gasteiger charge is 2.19. The molecule has 0 saturated carbocycles. The summed E-state index contributed by atoms with van der Waals surface area (Å²) in [5, 5.41) is 14.5. The monoisotopic (exact) mass is 289 g/mol. The number of benzene rings is 1. The van der Waals surface area contributed by atoms with Gasteiger partial charge in [0.25, 0.3) is 0 Å². The summed E-state index contributed by atoms with van der Waals surface area (Å²) in [6.45, 7) is 4.12. The zero-order valence-electron chi connectivity index (χ0n) is 11.7. The molecule has 0 aliphatic rings. The van der Waals surface area contributed by atoms with Gasteiger partial charge in [0, 0.05) is 10.9 Å². The van der Waals surface area contributed by atoms with Gasteiger partial charge in [-0.15, -0.1) is 11.3 Å². The van der Waals surface area contributed by atoms with Crippen LogP contribution < -0.4 is 5.32 Å². The number of carboxylic acids is 1. The van der Waals surface area contributed by atoms with Crippen LogP contribution in [0.25, 0.3) is 0 Å². The van der Waals surface area contributed by atoms with E-state index < -0.39 is 5.97 Å². The highest BCUT2D eigenvalue weighted by molar-refractivity contribution is 7.10. The highest BCUT2D eigenvalue weighted by atomic mass is 32.1. The molecule has 0 spiro atoms. The summed E-state index contributed by atoms with van der Waals surface area (Å²) in [4.78, 5) is 12.1. The Bertz CT molecular complexity index is 548. The molecule has 2 atom stereocenters. The SMILES string of the molecule is Cc1ccc(C(C)NC(CC(=O)O)c2cccs2)cc1. The molecule has 0 radical (unpaired) electrons. The summed E-state index contributed by atoms with van der Waals surface area (Å²) in [5.41, 5.74) is 2.39. The van der Waals surface area contributed by atoms with E-state index in [2.05, 4.69) is 43.4 Å². The van der Waals surface area contributed by atoms with E-state index >= 15 is 0 Å². The van der Waals surface area contributed by atoms with Crippen LogP contribution >= 0.6 is 11.3 Å². The van der Waals surface area contributed by atoms with Crippen molar-refractivity contribution in [1.82, 2.24) is 5.32 Å². The Morgan fingerprint density at radius 1 is 1.30 bits per heavy atom. The maximum Gasteiger partial charge on any atom is 0.305 e. The first-order valence-corrected chi connectivity index (χ1v) is 7.52. The lowest BCUT2D eigenvalue weighted by Gasteiger charge is -2.21. The third-order valence-electron chi connectivity index (χ3n) is 3.29. The van der Waals surface area contributed by atoms with E-state index in [0.29, 0.717) is 0 Å². The molecule has 1 heterocycles. The summed E-state index contributed by atoms with van der Waals surface area (Å²) in [7, 11) is 0. The van der Waals surface area contributed by atoms with Crippen molar-refractivity contribution in [1.29, 1.82) is 0 Å².